The van der Waals surface area contributed by atoms with Gasteiger partial charge in [-0.25, -0.2) is 0 Å². The maximum atomic E-state index is 12.2. The van der Waals surface area contributed by atoms with E-state index in [1.54, 1.807) is 11.3 Å². The summed E-state index contributed by atoms with van der Waals surface area (Å²) in [4.78, 5) is 12.2. The monoisotopic (exact) mass is 319 g/mol. The highest BCUT2D eigenvalue weighted by Gasteiger charge is 2.17. The van der Waals surface area contributed by atoms with Crippen molar-refractivity contribution in [1.29, 1.82) is 0 Å². The quantitative estimate of drug-likeness (QED) is 0.735. The first-order chi connectivity index (χ1) is 10.3. The third kappa shape index (κ3) is 5.21. The lowest BCUT2D eigenvalue weighted by atomic mass is 9.96. The molecule has 0 spiro atoms. The number of nitrogens with one attached hydrogen (secondary N) is 1. The molecule has 0 aliphatic carbocycles. The molecule has 4 heteroatoms. The summed E-state index contributed by atoms with van der Waals surface area (Å²) in [6.07, 6.45) is 0.831. The van der Waals surface area contributed by atoms with E-state index >= 15 is 0 Å². The Hall–Kier alpha value is -1.26. The largest absolute Gasteiger partial charge is 0.355 e. The summed E-state index contributed by atoms with van der Waals surface area (Å²) in [6, 6.07) is 12.2. The van der Waals surface area contributed by atoms with Crippen molar-refractivity contribution in [3.63, 3.8) is 0 Å². The van der Waals surface area contributed by atoms with Crippen molar-refractivity contribution in [2.45, 2.75) is 25.0 Å². The van der Waals surface area contributed by atoms with E-state index in [1.165, 1.54) is 5.56 Å². The van der Waals surface area contributed by atoms with Crippen molar-refractivity contribution < 1.29 is 4.79 Å². The number of carbonyl (C=O) groups is 1. The molecule has 1 heterocycles. The van der Waals surface area contributed by atoms with Crippen LogP contribution >= 0.6 is 23.1 Å². The Balaban J connectivity index is 1.70. The molecule has 0 saturated carbocycles. The predicted molar refractivity (Wildman–Crippen MR) is 93.0 cm³/mol. The fraction of sp³-hybridized carbons (Fsp3) is 0.353. The molecule has 0 fully saturated rings. The van der Waals surface area contributed by atoms with Gasteiger partial charge in [0.1, 0.15) is 0 Å². The average Bonchev–Trinajstić information content (AvgIpc) is 3.02. The number of thiophene rings is 1. The van der Waals surface area contributed by atoms with Crippen LogP contribution in [0.3, 0.4) is 0 Å². The van der Waals surface area contributed by atoms with Crippen LogP contribution in [0.5, 0.6) is 0 Å². The number of amides is 1. The van der Waals surface area contributed by atoms with Crippen molar-refractivity contribution in [3.05, 3.63) is 58.3 Å². The molecule has 21 heavy (non-hydrogen) atoms. The summed E-state index contributed by atoms with van der Waals surface area (Å²) in [5.41, 5.74) is 2.47. The van der Waals surface area contributed by atoms with Crippen molar-refractivity contribution in [2.75, 3.05) is 12.3 Å². The lowest BCUT2D eigenvalue weighted by Crippen LogP contribution is -2.30. The van der Waals surface area contributed by atoms with Crippen LogP contribution in [0.25, 0.3) is 0 Å². The van der Waals surface area contributed by atoms with Gasteiger partial charge in [-0.1, -0.05) is 37.3 Å². The zero-order valence-electron chi connectivity index (χ0n) is 12.2. The Bertz CT molecular complexity index is 525. The molecule has 1 atom stereocenters. The molecule has 1 N–H and O–H groups in total. The highest BCUT2D eigenvalue weighted by Crippen LogP contribution is 2.19. The molecular weight excluding hydrogens is 298 g/mol. The minimum atomic E-state index is -0.0342. The first-order valence-corrected chi connectivity index (χ1v) is 9.32. The van der Waals surface area contributed by atoms with E-state index in [9.17, 15) is 4.79 Å². The number of hydrogen-bond acceptors (Lipinski definition) is 3. The van der Waals surface area contributed by atoms with Gasteiger partial charge in [0.2, 0.25) is 5.91 Å². The smallest absolute Gasteiger partial charge is 0.227 e. The molecule has 2 rings (SSSR count). The lowest BCUT2D eigenvalue weighted by molar-refractivity contribution is -0.122. The second kappa shape index (κ2) is 8.90. The molecule has 1 aromatic carbocycles. The van der Waals surface area contributed by atoms with Crippen LogP contribution in [-0.4, -0.2) is 18.2 Å². The maximum absolute atomic E-state index is 12.2. The Morgan fingerprint density at radius 3 is 2.76 bits per heavy atom. The van der Waals surface area contributed by atoms with Gasteiger partial charge in [-0.2, -0.15) is 23.1 Å². The van der Waals surface area contributed by atoms with Crippen LogP contribution in [0.4, 0.5) is 0 Å². The molecule has 0 saturated heterocycles. The molecule has 2 aromatic rings. The van der Waals surface area contributed by atoms with Crippen molar-refractivity contribution >= 4 is 29.0 Å². The fourth-order valence-electron chi connectivity index (χ4n) is 2.19. The highest BCUT2D eigenvalue weighted by atomic mass is 32.2. The number of benzene rings is 1. The Morgan fingerprint density at radius 1 is 1.29 bits per heavy atom. The van der Waals surface area contributed by atoms with Gasteiger partial charge in [-0.15, -0.1) is 0 Å². The van der Waals surface area contributed by atoms with E-state index in [0.717, 1.165) is 30.0 Å². The molecule has 0 aliphatic rings. The van der Waals surface area contributed by atoms with Gasteiger partial charge >= 0.3 is 0 Å². The molecule has 1 amide bonds. The molecule has 0 bridgehead atoms. The number of carbonyl (C=O) groups excluding carboxylic acids is 1. The van der Waals surface area contributed by atoms with Crippen LogP contribution in [0.2, 0.25) is 0 Å². The van der Waals surface area contributed by atoms with Gasteiger partial charge in [-0.05, 0) is 34.4 Å². The first-order valence-electron chi connectivity index (χ1n) is 7.22. The average molecular weight is 319 g/mol. The fourth-order valence-corrected chi connectivity index (χ4v) is 3.77. The second-order valence-electron chi connectivity index (χ2n) is 4.85. The standard InChI is InChI=1S/C17H21NOS2/c1-2-16(15-6-4-3-5-7-15)17(19)18-9-11-21-13-14-8-10-20-12-14/h3-8,10,12,16H,2,9,11,13H2,1H3,(H,18,19)/t16-/m1/s1. The van der Waals surface area contributed by atoms with Crippen LogP contribution in [-0.2, 0) is 10.5 Å². The summed E-state index contributed by atoms with van der Waals surface area (Å²) < 4.78 is 0. The van der Waals surface area contributed by atoms with Crippen LogP contribution in [0.15, 0.2) is 47.2 Å². The number of rotatable bonds is 8. The minimum Gasteiger partial charge on any atom is -0.355 e. The van der Waals surface area contributed by atoms with Gasteiger partial charge in [0.15, 0.2) is 0 Å². The van der Waals surface area contributed by atoms with E-state index in [0.29, 0.717) is 0 Å². The highest BCUT2D eigenvalue weighted by molar-refractivity contribution is 7.98. The second-order valence-corrected chi connectivity index (χ2v) is 6.73. The zero-order chi connectivity index (χ0) is 14.9. The summed E-state index contributed by atoms with van der Waals surface area (Å²) in [5.74, 6) is 2.08. The Morgan fingerprint density at radius 2 is 2.10 bits per heavy atom. The zero-order valence-corrected chi connectivity index (χ0v) is 13.9. The van der Waals surface area contributed by atoms with Crippen molar-refractivity contribution in [3.8, 4) is 0 Å². The molecule has 2 nitrogen and oxygen atoms in total. The van der Waals surface area contributed by atoms with Gasteiger partial charge in [0, 0.05) is 18.1 Å². The SMILES string of the molecule is CC[C@@H](C(=O)NCCSCc1ccsc1)c1ccccc1. The summed E-state index contributed by atoms with van der Waals surface area (Å²) in [5, 5.41) is 7.33. The van der Waals surface area contributed by atoms with Crippen molar-refractivity contribution in [2.24, 2.45) is 0 Å². The summed E-state index contributed by atoms with van der Waals surface area (Å²) in [7, 11) is 0. The number of thioether (sulfide) groups is 1. The molecule has 0 unspecified atom stereocenters. The van der Waals surface area contributed by atoms with Crippen LogP contribution < -0.4 is 5.32 Å². The summed E-state index contributed by atoms with van der Waals surface area (Å²) >= 11 is 3.59. The Labute approximate surface area is 135 Å². The molecule has 0 radical (unpaired) electrons. The molecule has 0 aliphatic heterocycles. The molecule has 112 valence electrons. The summed E-state index contributed by atoms with van der Waals surface area (Å²) in [6.45, 7) is 2.79. The topological polar surface area (TPSA) is 29.1 Å². The normalized spacial score (nSPS) is 12.0. The van der Waals surface area contributed by atoms with E-state index < -0.39 is 0 Å². The molecule has 1 aromatic heterocycles. The van der Waals surface area contributed by atoms with Gasteiger partial charge in [-0.3, -0.25) is 4.79 Å². The third-order valence-corrected chi connectivity index (χ3v) is 5.08. The van der Waals surface area contributed by atoms with Gasteiger partial charge in [0.05, 0.1) is 5.92 Å². The van der Waals surface area contributed by atoms with Crippen LogP contribution in [0.1, 0.15) is 30.4 Å². The van der Waals surface area contributed by atoms with Crippen molar-refractivity contribution in [1.82, 2.24) is 5.32 Å². The van der Waals surface area contributed by atoms with E-state index in [1.807, 2.05) is 42.1 Å². The minimum absolute atomic E-state index is 0.0342. The van der Waals surface area contributed by atoms with Gasteiger partial charge < -0.3 is 5.32 Å². The van der Waals surface area contributed by atoms with E-state index in [-0.39, 0.29) is 11.8 Å². The molecular formula is C17H21NOS2. The number of hydrogen-bond donors (Lipinski definition) is 1. The first kappa shape index (κ1) is 16.1. The predicted octanol–water partition coefficient (Wildman–Crippen LogP) is 4.29. The Kier molecular flexibility index (Phi) is 6.83. The third-order valence-electron chi connectivity index (χ3n) is 3.32. The van der Waals surface area contributed by atoms with Gasteiger partial charge in [0.25, 0.3) is 0 Å². The van der Waals surface area contributed by atoms with E-state index in [4.69, 9.17) is 0 Å². The van der Waals surface area contributed by atoms with Crippen LogP contribution in [0, 0.1) is 0 Å². The maximum Gasteiger partial charge on any atom is 0.227 e. The lowest BCUT2D eigenvalue weighted by Gasteiger charge is -2.15. The van der Waals surface area contributed by atoms with E-state index in [2.05, 4.69) is 29.1 Å².